The van der Waals surface area contributed by atoms with Crippen LogP contribution in [0.5, 0.6) is 0 Å². The normalized spacial score (nSPS) is 12.1. The van der Waals surface area contributed by atoms with Gasteiger partial charge < -0.3 is 5.11 Å². The molecule has 2 heteroatoms. The first-order chi connectivity index (χ1) is 3.72. The zero-order valence-corrected chi connectivity index (χ0v) is 5.36. The molecule has 0 amide bonds. The molecule has 44 valence electrons. The highest BCUT2D eigenvalue weighted by Gasteiger charge is 1.87. The Morgan fingerprint density at radius 1 is 1.38 bits per heavy atom. The molecule has 1 N–H and O–H groups in total. The van der Waals surface area contributed by atoms with Crippen LogP contribution in [0, 0.1) is 0 Å². The van der Waals surface area contributed by atoms with E-state index in [-0.39, 0.29) is 5.76 Å². The van der Waals surface area contributed by atoms with Gasteiger partial charge >= 0.3 is 0 Å². The number of allylic oxidation sites excluding steroid dienone is 2. The van der Waals surface area contributed by atoms with E-state index in [0.717, 1.165) is 0 Å². The Balaban J connectivity index is 4.25. The average molecular weight is 128 g/mol. The van der Waals surface area contributed by atoms with E-state index in [1.165, 1.54) is 12.2 Å². The highest BCUT2D eigenvalue weighted by atomic mass is 32.1. The van der Waals surface area contributed by atoms with Crippen molar-refractivity contribution in [2.45, 2.75) is 0 Å². The molecule has 0 unspecified atom stereocenters. The molecular formula is C6H8OS. The Bertz CT molecular complexity index is 119. The molecule has 0 aliphatic carbocycles. The largest absolute Gasteiger partial charge is 0.507 e. The molecule has 0 bridgehead atoms. The van der Waals surface area contributed by atoms with Gasteiger partial charge in [-0.2, -0.15) is 0 Å². The monoisotopic (exact) mass is 128 g/mol. The van der Waals surface area contributed by atoms with Crippen LogP contribution in [-0.2, 0) is 0 Å². The smallest absolute Gasteiger partial charge is 0.128 e. The van der Waals surface area contributed by atoms with E-state index in [4.69, 9.17) is 5.11 Å². The Hall–Kier alpha value is -0.630. The lowest BCUT2D eigenvalue weighted by molar-refractivity contribution is 0.432. The summed E-state index contributed by atoms with van der Waals surface area (Å²) in [4.78, 5) is 0.444. The zero-order chi connectivity index (χ0) is 6.57. The van der Waals surface area contributed by atoms with Crippen molar-refractivity contribution in [2.75, 3.05) is 0 Å². The van der Waals surface area contributed by atoms with Gasteiger partial charge in [0.15, 0.2) is 0 Å². The van der Waals surface area contributed by atoms with Gasteiger partial charge in [-0.25, -0.2) is 0 Å². The Kier molecular flexibility index (Phi) is 3.12. The van der Waals surface area contributed by atoms with Crippen molar-refractivity contribution in [3.8, 4) is 0 Å². The summed E-state index contributed by atoms with van der Waals surface area (Å²) in [5, 5.41) is 8.74. The second-order valence-electron chi connectivity index (χ2n) is 1.18. The third-order valence-electron chi connectivity index (χ3n) is 0.649. The second-order valence-corrected chi connectivity index (χ2v) is 1.66. The van der Waals surface area contributed by atoms with Gasteiger partial charge in [0.05, 0.1) is 0 Å². The van der Waals surface area contributed by atoms with E-state index < -0.39 is 0 Å². The highest BCUT2D eigenvalue weighted by Crippen LogP contribution is 2.06. The molecule has 0 radical (unpaired) electrons. The number of aliphatic hydroxyl groups excluding tert-OH is 1. The number of rotatable bonds is 2. The van der Waals surface area contributed by atoms with Crippen LogP contribution in [0.2, 0.25) is 0 Å². The van der Waals surface area contributed by atoms with Gasteiger partial charge in [-0.1, -0.05) is 19.2 Å². The first-order valence-corrected chi connectivity index (χ1v) is 2.54. The van der Waals surface area contributed by atoms with E-state index in [0.29, 0.717) is 4.91 Å². The molecule has 0 aromatic carbocycles. The summed E-state index contributed by atoms with van der Waals surface area (Å²) in [7, 11) is 0. The predicted molar refractivity (Wildman–Crippen MR) is 39.0 cm³/mol. The summed E-state index contributed by atoms with van der Waals surface area (Å²) in [5.41, 5.74) is 0. The Morgan fingerprint density at radius 3 is 2.00 bits per heavy atom. The van der Waals surface area contributed by atoms with Gasteiger partial charge in [-0.3, -0.25) is 0 Å². The molecule has 0 heterocycles. The second kappa shape index (κ2) is 3.38. The Labute approximate surface area is 54.4 Å². The molecule has 0 aromatic heterocycles. The topological polar surface area (TPSA) is 20.2 Å². The first-order valence-electron chi connectivity index (χ1n) is 2.09. The van der Waals surface area contributed by atoms with Crippen molar-refractivity contribution >= 4 is 12.6 Å². The number of thiol groups is 1. The molecule has 0 aromatic rings. The number of aliphatic hydroxyl groups is 1. The van der Waals surface area contributed by atoms with Gasteiger partial charge in [0, 0.05) is 4.91 Å². The minimum atomic E-state index is 0.0586. The fourth-order valence-corrected chi connectivity index (χ4v) is 0.300. The number of hydrogen-bond acceptors (Lipinski definition) is 2. The van der Waals surface area contributed by atoms with Gasteiger partial charge in [-0.15, -0.1) is 12.6 Å². The third-order valence-corrected chi connectivity index (χ3v) is 1.06. The highest BCUT2D eigenvalue weighted by molar-refractivity contribution is 7.84. The molecular weight excluding hydrogens is 120 g/mol. The summed E-state index contributed by atoms with van der Waals surface area (Å²) in [5.74, 6) is 0.0586. The molecule has 0 aliphatic rings. The SMILES string of the molecule is C=C/C(O)=C(/S)C=C. The molecule has 0 saturated carbocycles. The van der Waals surface area contributed by atoms with E-state index in [2.05, 4.69) is 25.8 Å². The van der Waals surface area contributed by atoms with Crippen LogP contribution < -0.4 is 0 Å². The lowest BCUT2D eigenvalue weighted by Gasteiger charge is -1.90. The van der Waals surface area contributed by atoms with Crippen molar-refractivity contribution in [3.63, 3.8) is 0 Å². The van der Waals surface area contributed by atoms with Gasteiger partial charge in [0.2, 0.25) is 0 Å². The van der Waals surface area contributed by atoms with E-state index in [9.17, 15) is 0 Å². The van der Waals surface area contributed by atoms with Gasteiger partial charge in [-0.05, 0) is 6.08 Å². The van der Waals surface area contributed by atoms with Gasteiger partial charge in [0.1, 0.15) is 5.76 Å². The summed E-state index contributed by atoms with van der Waals surface area (Å²) >= 11 is 3.85. The minimum Gasteiger partial charge on any atom is -0.507 e. The van der Waals surface area contributed by atoms with Crippen molar-refractivity contribution in [1.29, 1.82) is 0 Å². The fraction of sp³-hybridized carbons (Fsp3) is 0. The molecule has 0 saturated heterocycles. The van der Waals surface area contributed by atoms with Crippen molar-refractivity contribution < 1.29 is 5.11 Å². The van der Waals surface area contributed by atoms with Crippen LogP contribution in [0.4, 0.5) is 0 Å². The van der Waals surface area contributed by atoms with Gasteiger partial charge in [0.25, 0.3) is 0 Å². The summed E-state index contributed by atoms with van der Waals surface area (Å²) in [6.45, 7) is 6.71. The molecule has 1 nitrogen and oxygen atoms in total. The summed E-state index contributed by atoms with van der Waals surface area (Å²) < 4.78 is 0. The van der Waals surface area contributed by atoms with E-state index in [1.807, 2.05) is 0 Å². The lowest BCUT2D eigenvalue weighted by atomic mass is 10.4. The van der Waals surface area contributed by atoms with E-state index in [1.54, 1.807) is 0 Å². The molecule has 0 rings (SSSR count). The maximum atomic E-state index is 8.74. The third kappa shape index (κ3) is 1.89. The van der Waals surface area contributed by atoms with Crippen molar-refractivity contribution in [3.05, 3.63) is 36.0 Å². The molecule has 8 heavy (non-hydrogen) atoms. The first kappa shape index (κ1) is 7.37. The van der Waals surface area contributed by atoms with Crippen LogP contribution in [-0.4, -0.2) is 5.11 Å². The predicted octanol–water partition coefficient (Wildman–Crippen LogP) is 2.06. The molecule has 0 aliphatic heterocycles. The molecule has 0 fully saturated rings. The van der Waals surface area contributed by atoms with Crippen molar-refractivity contribution in [2.24, 2.45) is 0 Å². The maximum absolute atomic E-state index is 8.74. The average Bonchev–Trinajstić information content (AvgIpc) is 1.84. The minimum absolute atomic E-state index is 0.0586. The standard InChI is InChI=1S/C6H8OS/c1-3-5(7)6(8)4-2/h3-4,7-8H,1-2H2/b6-5-. The van der Waals surface area contributed by atoms with Crippen LogP contribution in [0.1, 0.15) is 0 Å². The zero-order valence-electron chi connectivity index (χ0n) is 4.46. The maximum Gasteiger partial charge on any atom is 0.128 e. The fourth-order valence-electron chi connectivity index (χ4n) is 0.209. The van der Waals surface area contributed by atoms with Crippen molar-refractivity contribution in [1.82, 2.24) is 0 Å². The Morgan fingerprint density at radius 2 is 1.88 bits per heavy atom. The summed E-state index contributed by atoms with van der Waals surface area (Å²) in [6.07, 6.45) is 2.75. The molecule has 0 spiro atoms. The summed E-state index contributed by atoms with van der Waals surface area (Å²) in [6, 6.07) is 0. The number of hydrogen-bond donors (Lipinski definition) is 2. The lowest BCUT2D eigenvalue weighted by Crippen LogP contribution is -1.73. The van der Waals surface area contributed by atoms with Crippen LogP contribution in [0.25, 0.3) is 0 Å². The van der Waals surface area contributed by atoms with Crippen LogP contribution >= 0.6 is 12.6 Å². The quantitative estimate of drug-likeness (QED) is 0.331. The van der Waals surface area contributed by atoms with Crippen LogP contribution in [0.3, 0.4) is 0 Å². The van der Waals surface area contributed by atoms with Crippen LogP contribution in [0.15, 0.2) is 36.0 Å². The molecule has 0 atom stereocenters. The van der Waals surface area contributed by atoms with E-state index >= 15 is 0 Å².